The molecular weight excluding hydrogens is 429 g/mol. The normalized spacial score (nSPS) is 17.3. The lowest BCUT2D eigenvalue weighted by molar-refractivity contribution is 0.210. The van der Waals surface area contributed by atoms with Crippen molar-refractivity contribution in [2.75, 3.05) is 4.72 Å². The molecule has 4 rings (SSSR count). The first-order valence-corrected chi connectivity index (χ1v) is 11.8. The molecule has 1 atom stereocenters. The largest absolute Gasteiger partial charge is 0.461 e. The predicted molar refractivity (Wildman–Crippen MR) is 118 cm³/mol. The molecule has 3 aromatic rings. The van der Waals surface area contributed by atoms with Crippen LogP contribution in [0.5, 0.6) is 0 Å². The fraction of sp³-hybridized carbons (Fsp3) is 0.364. The van der Waals surface area contributed by atoms with Crippen LogP contribution in [0.4, 0.5) is 5.69 Å². The monoisotopic (exact) mass is 451 g/mol. The van der Waals surface area contributed by atoms with Crippen LogP contribution < -0.4 is 4.72 Å². The van der Waals surface area contributed by atoms with Gasteiger partial charge in [-0.2, -0.15) is 0 Å². The second kappa shape index (κ2) is 7.22. The minimum Gasteiger partial charge on any atom is -0.461 e. The van der Waals surface area contributed by atoms with Crippen LogP contribution in [-0.4, -0.2) is 8.42 Å². The van der Waals surface area contributed by atoms with Gasteiger partial charge in [-0.25, -0.2) is 8.42 Å². The van der Waals surface area contributed by atoms with E-state index in [0.29, 0.717) is 16.6 Å². The highest BCUT2D eigenvalue weighted by atomic mass is 35.5. The van der Waals surface area contributed by atoms with Crippen molar-refractivity contribution in [2.24, 2.45) is 11.3 Å². The molecule has 1 heterocycles. The molecule has 0 unspecified atom stereocenters. The van der Waals surface area contributed by atoms with E-state index in [4.69, 9.17) is 27.6 Å². The summed E-state index contributed by atoms with van der Waals surface area (Å²) in [5, 5.41) is 1.39. The van der Waals surface area contributed by atoms with Crippen LogP contribution in [0.25, 0.3) is 11.0 Å². The van der Waals surface area contributed by atoms with Gasteiger partial charge in [-0.3, -0.25) is 4.72 Å². The van der Waals surface area contributed by atoms with Gasteiger partial charge in [0.1, 0.15) is 16.2 Å². The van der Waals surface area contributed by atoms with E-state index in [0.717, 1.165) is 36.0 Å². The van der Waals surface area contributed by atoms with Crippen LogP contribution in [-0.2, 0) is 22.9 Å². The van der Waals surface area contributed by atoms with Gasteiger partial charge in [0.25, 0.3) is 10.0 Å². The summed E-state index contributed by atoms with van der Waals surface area (Å²) in [5.74, 6) is 1.57. The van der Waals surface area contributed by atoms with E-state index in [1.54, 1.807) is 12.1 Å². The molecule has 1 aliphatic rings. The Morgan fingerprint density at radius 3 is 2.59 bits per heavy atom. The maximum atomic E-state index is 12.8. The van der Waals surface area contributed by atoms with Crippen molar-refractivity contribution in [1.82, 2.24) is 0 Å². The number of benzene rings is 2. The first-order chi connectivity index (χ1) is 13.5. The Bertz CT molecular complexity index is 1190. The van der Waals surface area contributed by atoms with Gasteiger partial charge in [-0.15, -0.1) is 0 Å². The number of aryl methyl sites for hydroxylation is 1. The quantitative estimate of drug-likeness (QED) is 0.482. The summed E-state index contributed by atoms with van der Waals surface area (Å²) in [7, 11) is -3.87. The van der Waals surface area contributed by atoms with E-state index in [9.17, 15) is 8.42 Å². The molecule has 2 aromatic carbocycles. The zero-order valence-corrected chi connectivity index (χ0v) is 18.9. The van der Waals surface area contributed by atoms with Gasteiger partial charge < -0.3 is 4.42 Å². The van der Waals surface area contributed by atoms with Gasteiger partial charge in [0.2, 0.25) is 0 Å². The first-order valence-electron chi connectivity index (χ1n) is 9.57. The lowest BCUT2D eigenvalue weighted by atomic mass is 9.71. The minimum absolute atomic E-state index is 0.0474. The van der Waals surface area contributed by atoms with Crippen LogP contribution in [0.15, 0.2) is 45.7 Å². The van der Waals surface area contributed by atoms with Crippen LogP contribution in [0, 0.1) is 11.3 Å². The third kappa shape index (κ3) is 4.00. The lowest BCUT2D eigenvalue weighted by Gasteiger charge is -2.33. The fourth-order valence-electron chi connectivity index (χ4n) is 3.97. The van der Waals surface area contributed by atoms with Crippen LogP contribution in [0.2, 0.25) is 10.0 Å². The van der Waals surface area contributed by atoms with Crippen molar-refractivity contribution >= 4 is 49.9 Å². The van der Waals surface area contributed by atoms with Crippen molar-refractivity contribution < 1.29 is 12.8 Å². The molecule has 1 aromatic heterocycles. The molecule has 0 radical (unpaired) electrons. The molecule has 0 amide bonds. The molecule has 0 spiro atoms. The summed E-state index contributed by atoms with van der Waals surface area (Å²) in [6.07, 6.45) is 2.94. The molecule has 0 bridgehead atoms. The van der Waals surface area contributed by atoms with Crippen LogP contribution in [0.1, 0.15) is 38.5 Å². The third-order valence-electron chi connectivity index (χ3n) is 5.70. The molecule has 1 aliphatic carbocycles. The summed E-state index contributed by atoms with van der Waals surface area (Å²) in [4.78, 5) is -0.0474. The Balaban J connectivity index is 1.70. The number of rotatable bonds is 3. The van der Waals surface area contributed by atoms with Crippen molar-refractivity contribution in [3.63, 3.8) is 0 Å². The number of nitrogens with one attached hydrogen (secondary N) is 1. The highest BCUT2D eigenvalue weighted by Crippen LogP contribution is 2.41. The second-order valence-corrected chi connectivity index (χ2v) is 11.2. The molecular formula is C22H23Cl2NO3S. The van der Waals surface area contributed by atoms with Gasteiger partial charge in [0.15, 0.2) is 0 Å². The summed E-state index contributed by atoms with van der Waals surface area (Å²) < 4.78 is 34.3. The first kappa shape index (κ1) is 20.6. The van der Waals surface area contributed by atoms with E-state index in [-0.39, 0.29) is 15.3 Å². The SMILES string of the molecule is CC(C)(C)[C@H]1CCc2oc3ccc(NS(=O)(=O)c4cc(Cl)ccc4Cl)cc3c2C1. The zero-order valence-electron chi connectivity index (χ0n) is 16.6. The van der Waals surface area contributed by atoms with Gasteiger partial charge in [0.05, 0.1) is 5.02 Å². The molecule has 4 nitrogen and oxygen atoms in total. The van der Waals surface area contributed by atoms with Crippen molar-refractivity contribution in [3.05, 3.63) is 57.8 Å². The molecule has 154 valence electrons. The number of hydrogen-bond acceptors (Lipinski definition) is 3. The van der Waals surface area contributed by atoms with Gasteiger partial charge >= 0.3 is 0 Å². The molecule has 0 aliphatic heterocycles. The lowest BCUT2D eigenvalue weighted by Crippen LogP contribution is -2.26. The highest BCUT2D eigenvalue weighted by molar-refractivity contribution is 7.92. The molecule has 0 saturated heterocycles. The average molecular weight is 452 g/mol. The van der Waals surface area contributed by atoms with E-state index in [2.05, 4.69) is 25.5 Å². The Morgan fingerprint density at radius 2 is 1.86 bits per heavy atom. The third-order valence-corrected chi connectivity index (χ3v) is 7.80. The zero-order chi connectivity index (χ0) is 21.0. The number of hydrogen-bond donors (Lipinski definition) is 1. The second-order valence-electron chi connectivity index (χ2n) is 8.70. The van der Waals surface area contributed by atoms with Crippen LogP contribution in [0.3, 0.4) is 0 Å². The molecule has 1 N–H and O–H groups in total. The van der Waals surface area contributed by atoms with E-state index >= 15 is 0 Å². The molecule has 0 fully saturated rings. The summed E-state index contributed by atoms with van der Waals surface area (Å²) in [5.41, 5.74) is 2.65. The molecule has 29 heavy (non-hydrogen) atoms. The Labute approximate surface area is 181 Å². The van der Waals surface area contributed by atoms with Crippen molar-refractivity contribution in [2.45, 2.75) is 44.9 Å². The summed E-state index contributed by atoms with van der Waals surface area (Å²) >= 11 is 12.0. The van der Waals surface area contributed by atoms with E-state index < -0.39 is 10.0 Å². The number of fused-ring (bicyclic) bond motifs is 3. The van der Waals surface area contributed by atoms with Crippen molar-refractivity contribution in [1.29, 1.82) is 0 Å². The molecule has 7 heteroatoms. The van der Waals surface area contributed by atoms with E-state index in [1.165, 1.54) is 17.7 Å². The summed E-state index contributed by atoms with van der Waals surface area (Å²) in [6.45, 7) is 6.79. The highest BCUT2D eigenvalue weighted by Gasteiger charge is 2.31. The van der Waals surface area contributed by atoms with E-state index in [1.807, 2.05) is 12.1 Å². The maximum Gasteiger partial charge on any atom is 0.263 e. The van der Waals surface area contributed by atoms with Gasteiger partial charge in [-0.1, -0.05) is 44.0 Å². The minimum atomic E-state index is -3.87. The standard InChI is InChI=1S/C22H23Cl2NO3S/c1-22(2,3)13-4-8-19-16(10-13)17-12-15(6-9-20(17)28-19)25-29(26,27)21-11-14(23)5-7-18(21)24/h5-7,9,11-13,25H,4,8,10H2,1-3H3/t13-/m0/s1. The Morgan fingerprint density at radius 1 is 1.10 bits per heavy atom. The topological polar surface area (TPSA) is 59.3 Å². The smallest absolute Gasteiger partial charge is 0.263 e. The molecule has 0 saturated carbocycles. The number of furan rings is 1. The Hall–Kier alpha value is -1.69. The number of halogens is 2. The average Bonchev–Trinajstić information content (AvgIpc) is 3.00. The predicted octanol–water partition coefficient (Wildman–Crippen LogP) is 6.69. The maximum absolute atomic E-state index is 12.8. The van der Waals surface area contributed by atoms with Gasteiger partial charge in [-0.05, 0) is 60.6 Å². The van der Waals surface area contributed by atoms with Gasteiger partial charge in [0, 0.05) is 28.1 Å². The Kier molecular flexibility index (Phi) is 5.12. The fourth-order valence-corrected chi connectivity index (χ4v) is 5.79. The van der Waals surface area contributed by atoms with Crippen molar-refractivity contribution in [3.8, 4) is 0 Å². The number of sulfonamides is 1. The van der Waals surface area contributed by atoms with Crippen LogP contribution >= 0.6 is 23.2 Å². The number of anilines is 1. The summed E-state index contributed by atoms with van der Waals surface area (Å²) in [6, 6.07) is 9.74.